The molecule has 0 spiro atoms. The van der Waals surface area contributed by atoms with Gasteiger partial charge in [-0.1, -0.05) is 0 Å². The molecule has 4 N–H and O–H groups in total. The van der Waals surface area contributed by atoms with Crippen molar-refractivity contribution in [3.05, 3.63) is 36.4 Å². The standard InChI is InChI=1S/C9H11N5O2S/c10-8(15)3-17(16)9(6-1-11-4-13-6)7-2-12-5-14-7/h1-2,4-5,9H,3H2,(H2,10,15)(H,11,13)(H,12,14). The molecule has 0 aliphatic rings. The Balaban J connectivity index is 2.32. The molecule has 2 rings (SSSR count). The van der Waals surface area contributed by atoms with Gasteiger partial charge in [0.2, 0.25) is 5.91 Å². The van der Waals surface area contributed by atoms with E-state index in [-0.39, 0.29) is 5.75 Å². The second-order valence-electron chi connectivity index (χ2n) is 3.39. The van der Waals surface area contributed by atoms with Crippen LogP contribution in [-0.4, -0.2) is 35.8 Å². The smallest absolute Gasteiger partial charge is 0.230 e. The Bertz CT molecular complexity index is 473. The van der Waals surface area contributed by atoms with Crippen molar-refractivity contribution in [2.45, 2.75) is 5.25 Å². The Morgan fingerprint density at radius 2 is 1.82 bits per heavy atom. The van der Waals surface area contributed by atoms with Crippen LogP contribution in [0.3, 0.4) is 0 Å². The number of carbonyl (C=O) groups excluding carboxylic acids is 1. The van der Waals surface area contributed by atoms with E-state index in [1.165, 1.54) is 12.7 Å². The van der Waals surface area contributed by atoms with E-state index in [1.807, 2.05) is 0 Å². The Kier molecular flexibility index (Phi) is 3.33. The summed E-state index contributed by atoms with van der Waals surface area (Å²) in [6, 6.07) is 0. The van der Waals surface area contributed by atoms with Crippen LogP contribution in [0.15, 0.2) is 25.0 Å². The third-order valence-electron chi connectivity index (χ3n) is 2.15. The summed E-state index contributed by atoms with van der Waals surface area (Å²) in [6.07, 6.45) is 6.09. The monoisotopic (exact) mass is 253 g/mol. The van der Waals surface area contributed by atoms with Gasteiger partial charge in [-0.25, -0.2) is 9.97 Å². The van der Waals surface area contributed by atoms with E-state index in [1.54, 1.807) is 12.4 Å². The number of aromatic nitrogens is 4. The zero-order valence-corrected chi connectivity index (χ0v) is 9.61. The molecule has 0 aliphatic heterocycles. The van der Waals surface area contributed by atoms with E-state index >= 15 is 0 Å². The van der Waals surface area contributed by atoms with E-state index < -0.39 is 22.0 Å². The maximum atomic E-state index is 12.1. The molecule has 0 radical (unpaired) electrons. The molecule has 0 aromatic carbocycles. The minimum atomic E-state index is -1.46. The van der Waals surface area contributed by atoms with Gasteiger partial charge < -0.3 is 15.7 Å². The minimum Gasteiger partial charge on any atom is -0.369 e. The van der Waals surface area contributed by atoms with Crippen LogP contribution in [0, 0.1) is 0 Å². The Morgan fingerprint density at radius 1 is 1.29 bits per heavy atom. The number of H-pyrrole nitrogens is 2. The SMILES string of the molecule is NC(=O)CS(=O)C(c1cnc[nH]1)c1cnc[nH]1. The maximum Gasteiger partial charge on any atom is 0.230 e. The lowest BCUT2D eigenvalue weighted by atomic mass is 10.2. The van der Waals surface area contributed by atoms with Crippen molar-refractivity contribution in [3.63, 3.8) is 0 Å². The lowest BCUT2D eigenvalue weighted by Gasteiger charge is -2.12. The fourth-order valence-corrected chi connectivity index (χ4v) is 2.77. The number of nitrogens with one attached hydrogen (secondary N) is 2. The molecule has 1 amide bonds. The van der Waals surface area contributed by atoms with Gasteiger partial charge in [-0.2, -0.15) is 0 Å². The topological polar surface area (TPSA) is 118 Å². The lowest BCUT2D eigenvalue weighted by molar-refractivity contribution is -0.115. The van der Waals surface area contributed by atoms with Gasteiger partial charge in [0.05, 0.1) is 24.0 Å². The van der Waals surface area contributed by atoms with Gasteiger partial charge in [-0.15, -0.1) is 0 Å². The van der Waals surface area contributed by atoms with Crippen LogP contribution >= 0.6 is 0 Å². The minimum absolute atomic E-state index is 0.206. The molecule has 2 heterocycles. The van der Waals surface area contributed by atoms with Crippen LogP contribution in [0.25, 0.3) is 0 Å². The predicted octanol–water partition coefficient (Wildman–Crippen LogP) is -0.544. The molecule has 90 valence electrons. The summed E-state index contributed by atoms with van der Waals surface area (Å²) < 4.78 is 12.1. The molecule has 17 heavy (non-hydrogen) atoms. The first-order valence-electron chi connectivity index (χ1n) is 4.80. The van der Waals surface area contributed by atoms with Gasteiger partial charge in [0.15, 0.2) is 0 Å². The number of carbonyl (C=O) groups is 1. The maximum absolute atomic E-state index is 12.1. The highest BCUT2D eigenvalue weighted by Crippen LogP contribution is 2.24. The fraction of sp³-hybridized carbons (Fsp3) is 0.222. The van der Waals surface area contributed by atoms with Gasteiger partial charge in [0.25, 0.3) is 0 Å². The van der Waals surface area contributed by atoms with Crippen molar-refractivity contribution in [1.82, 2.24) is 19.9 Å². The van der Waals surface area contributed by atoms with Gasteiger partial charge >= 0.3 is 0 Å². The van der Waals surface area contributed by atoms with Gasteiger partial charge in [-0.3, -0.25) is 9.00 Å². The van der Waals surface area contributed by atoms with E-state index in [0.717, 1.165) is 0 Å². The molecule has 0 saturated heterocycles. The molecule has 0 saturated carbocycles. The number of rotatable bonds is 5. The van der Waals surface area contributed by atoms with Gasteiger partial charge in [0, 0.05) is 23.2 Å². The normalized spacial score (nSPS) is 12.8. The second kappa shape index (κ2) is 4.91. The summed E-state index contributed by atoms with van der Waals surface area (Å²) in [4.78, 5) is 24.3. The van der Waals surface area contributed by atoms with Gasteiger partial charge in [0.1, 0.15) is 11.0 Å². The lowest BCUT2D eigenvalue weighted by Crippen LogP contribution is -2.23. The van der Waals surface area contributed by atoms with Crippen LogP contribution in [-0.2, 0) is 15.6 Å². The Morgan fingerprint density at radius 3 is 2.18 bits per heavy atom. The summed E-state index contributed by atoms with van der Waals surface area (Å²) in [6.45, 7) is 0. The largest absolute Gasteiger partial charge is 0.369 e. The number of imidazole rings is 2. The number of amides is 1. The molecule has 0 aliphatic carbocycles. The zero-order chi connectivity index (χ0) is 12.3. The van der Waals surface area contributed by atoms with Crippen LogP contribution in [0.4, 0.5) is 0 Å². The third-order valence-corrected chi connectivity index (χ3v) is 3.75. The van der Waals surface area contributed by atoms with Gasteiger partial charge in [-0.05, 0) is 0 Å². The summed E-state index contributed by atoms with van der Waals surface area (Å²) in [5, 5.41) is -0.507. The van der Waals surface area contributed by atoms with Crippen LogP contribution in [0.1, 0.15) is 16.6 Å². The van der Waals surface area contributed by atoms with Crippen LogP contribution in [0.5, 0.6) is 0 Å². The van der Waals surface area contributed by atoms with Crippen molar-refractivity contribution >= 4 is 16.7 Å². The zero-order valence-electron chi connectivity index (χ0n) is 8.79. The summed E-state index contributed by atoms with van der Waals surface area (Å²) in [5.41, 5.74) is 6.35. The van der Waals surface area contributed by atoms with Crippen molar-refractivity contribution in [2.24, 2.45) is 5.73 Å². The van der Waals surface area contributed by atoms with E-state index in [9.17, 15) is 9.00 Å². The fourth-order valence-electron chi connectivity index (χ4n) is 1.49. The highest BCUT2D eigenvalue weighted by molar-refractivity contribution is 7.86. The first-order chi connectivity index (χ1) is 8.18. The molecular formula is C9H11N5O2S. The third kappa shape index (κ3) is 2.59. The molecule has 7 nitrogen and oxygen atoms in total. The number of hydrogen-bond donors (Lipinski definition) is 3. The molecule has 1 atom stereocenters. The van der Waals surface area contributed by atoms with Crippen molar-refractivity contribution < 1.29 is 9.00 Å². The van der Waals surface area contributed by atoms with E-state index in [2.05, 4.69) is 19.9 Å². The predicted molar refractivity (Wildman–Crippen MR) is 61.2 cm³/mol. The highest BCUT2D eigenvalue weighted by atomic mass is 32.2. The van der Waals surface area contributed by atoms with Crippen molar-refractivity contribution in [1.29, 1.82) is 0 Å². The Labute approximate surface area is 99.3 Å². The Hall–Kier alpha value is -1.96. The first kappa shape index (κ1) is 11.5. The number of primary amides is 1. The average Bonchev–Trinajstić information content (AvgIpc) is 2.88. The van der Waals surface area contributed by atoms with Crippen LogP contribution in [0.2, 0.25) is 0 Å². The first-order valence-corrected chi connectivity index (χ1v) is 6.18. The van der Waals surface area contributed by atoms with Crippen molar-refractivity contribution in [2.75, 3.05) is 5.75 Å². The molecule has 0 bridgehead atoms. The number of nitrogens with two attached hydrogens (primary N) is 1. The number of aromatic amines is 2. The quantitative estimate of drug-likeness (QED) is 0.663. The van der Waals surface area contributed by atoms with E-state index in [0.29, 0.717) is 11.4 Å². The van der Waals surface area contributed by atoms with Crippen molar-refractivity contribution in [3.8, 4) is 0 Å². The average molecular weight is 253 g/mol. The van der Waals surface area contributed by atoms with E-state index in [4.69, 9.17) is 5.73 Å². The summed E-state index contributed by atoms with van der Waals surface area (Å²) >= 11 is 0. The summed E-state index contributed by atoms with van der Waals surface area (Å²) in [7, 11) is -1.46. The number of hydrogen-bond acceptors (Lipinski definition) is 4. The molecular weight excluding hydrogens is 242 g/mol. The second-order valence-corrected chi connectivity index (χ2v) is 4.91. The highest BCUT2D eigenvalue weighted by Gasteiger charge is 2.25. The van der Waals surface area contributed by atoms with Crippen LogP contribution < -0.4 is 5.73 Å². The summed E-state index contributed by atoms with van der Waals surface area (Å²) in [5.74, 6) is -0.810. The molecule has 8 heteroatoms. The molecule has 0 fully saturated rings. The molecule has 2 aromatic rings. The molecule has 1 unspecified atom stereocenters. The molecule has 2 aromatic heterocycles. The number of nitrogens with zero attached hydrogens (tertiary/aromatic N) is 2.